The van der Waals surface area contributed by atoms with E-state index in [-0.39, 0.29) is 6.04 Å². The fourth-order valence-electron chi connectivity index (χ4n) is 2.19. The van der Waals surface area contributed by atoms with Crippen LogP contribution in [0, 0.1) is 0 Å². The van der Waals surface area contributed by atoms with Gasteiger partial charge in [0.15, 0.2) is 0 Å². The highest BCUT2D eigenvalue weighted by Gasteiger charge is 2.10. The summed E-state index contributed by atoms with van der Waals surface area (Å²) in [6, 6.07) is 10.2. The first-order valence-corrected chi connectivity index (χ1v) is 6.58. The first kappa shape index (κ1) is 12.5. The van der Waals surface area contributed by atoms with Gasteiger partial charge in [-0.2, -0.15) is 10.2 Å². The third-order valence-electron chi connectivity index (χ3n) is 3.25. The lowest BCUT2D eigenvalue weighted by molar-refractivity contribution is 0.765. The van der Waals surface area contributed by atoms with Crippen LogP contribution < -0.4 is 5.32 Å². The van der Waals surface area contributed by atoms with Gasteiger partial charge in [0.25, 0.3) is 0 Å². The molecule has 5 nitrogen and oxygen atoms in total. The number of hydrogen-bond acceptors (Lipinski definition) is 3. The van der Waals surface area contributed by atoms with Crippen molar-refractivity contribution in [3.63, 3.8) is 0 Å². The predicted molar refractivity (Wildman–Crippen MR) is 78.8 cm³/mol. The molecular weight excluding hydrogens is 250 g/mol. The van der Waals surface area contributed by atoms with Crippen LogP contribution in [0.2, 0.25) is 0 Å². The molecule has 0 spiro atoms. The van der Waals surface area contributed by atoms with Crippen molar-refractivity contribution in [3.8, 4) is 5.69 Å². The van der Waals surface area contributed by atoms with E-state index < -0.39 is 0 Å². The van der Waals surface area contributed by atoms with Gasteiger partial charge in [-0.1, -0.05) is 12.1 Å². The first-order chi connectivity index (χ1) is 9.74. The Morgan fingerprint density at radius 3 is 2.70 bits per heavy atom. The normalized spacial score (nSPS) is 12.3. The monoisotopic (exact) mass is 267 g/mol. The molecule has 0 aliphatic heterocycles. The second kappa shape index (κ2) is 5.21. The summed E-state index contributed by atoms with van der Waals surface area (Å²) in [5.74, 6) is 0. The molecule has 102 valence electrons. The second-order valence-electron chi connectivity index (χ2n) is 4.78. The van der Waals surface area contributed by atoms with Gasteiger partial charge in [0.1, 0.15) is 0 Å². The van der Waals surface area contributed by atoms with Gasteiger partial charge >= 0.3 is 0 Å². The van der Waals surface area contributed by atoms with E-state index in [1.165, 1.54) is 0 Å². The van der Waals surface area contributed by atoms with Gasteiger partial charge in [-0.3, -0.25) is 4.68 Å². The minimum atomic E-state index is 0.181. The van der Waals surface area contributed by atoms with Crippen LogP contribution in [0.3, 0.4) is 0 Å². The molecule has 5 heteroatoms. The molecule has 0 amide bonds. The van der Waals surface area contributed by atoms with E-state index in [0.717, 1.165) is 16.9 Å². The summed E-state index contributed by atoms with van der Waals surface area (Å²) in [4.78, 5) is 0. The first-order valence-electron chi connectivity index (χ1n) is 6.58. The molecule has 0 aliphatic carbocycles. The Kier molecular flexibility index (Phi) is 3.25. The average molecular weight is 267 g/mol. The zero-order valence-corrected chi connectivity index (χ0v) is 11.6. The Morgan fingerprint density at radius 1 is 1.15 bits per heavy atom. The van der Waals surface area contributed by atoms with Crippen LogP contribution in [0.1, 0.15) is 18.5 Å². The molecule has 20 heavy (non-hydrogen) atoms. The zero-order valence-electron chi connectivity index (χ0n) is 11.6. The van der Waals surface area contributed by atoms with Gasteiger partial charge < -0.3 is 5.32 Å². The van der Waals surface area contributed by atoms with E-state index in [1.54, 1.807) is 6.20 Å². The Bertz CT molecular complexity index is 684. The number of aromatic nitrogens is 4. The molecule has 3 aromatic rings. The van der Waals surface area contributed by atoms with Crippen molar-refractivity contribution in [1.29, 1.82) is 0 Å². The Balaban J connectivity index is 1.88. The molecule has 1 atom stereocenters. The molecule has 1 aromatic carbocycles. The maximum atomic E-state index is 4.29. The highest BCUT2D eigenvalue weighted by atomic mass is 15.3. The summed E-state index contributed by atoms with van der Waals surface area (Å²) in [7, 11) is 1.92. The SMILES string of the molecule is CC(Nc1ccccc1-n1cccn1)c1cnn(C)c1. The molecule has 0 fully saturated rings. The molecular formula is C15H17N5. The van der Waals surface area contributed by atoms with Crippen molar-refractivity contribution < 1.29 is 0 Å². The summed E-state index contributed by atoms with van der Waals surface area (Å²) in [6.45, 7) is 2.12. The highest BCUT2D eigenvalue weighted by molar-refractivity contribution is 5.61. The second-order valence-corrected chi connectivity index (χ2v) is 4.78. The molecule has 0 saturated carbocycles. The molecule has 3 rings (SSSR count). The van der Waals surface area contributed by atoms with Gasteiger partial charge in [-0.25, -0.2) is 4.68 Å². The van der Waals surface area contributed by atoms with Gasteiger partial charge in [0.2, 0.25) is 0 Å². The molecule has 0 radical (unpaired) electrons. The quantitative estimate of drug-likeness (QED) is 0.790. The number of nitrogens with one attached hydrogen (secondary N) is 1. The summed E-state index contributed by atoms with van der Waals surface area (Å²) in [5, 5.41) is 12.0. The molecule has 1 N–H and O–H groups in total. The van der Waals surface area contributed by atoms with Crippen LogP contribution in [0.4, 0.5) is 5.69 Å². The lowest BCUT2D eigenvalue weighted by Crippen LogP contribution is -2.09. The van der Waals surface area contributed by atoms with Crippen LogP contribution in [0.5, 0.6) is 0 Å². The minimum Gasteiger partial charge on any atom is -0.377 e. The van der Waals surface area contributed by atoms with Crippen LogP contribution >= 0.6 is 0 Å². The average Bonchev–Trinajstić information content (AvgIpc) is 3.10. The molecule has 0 saturated heterocycles. The predicted octanol–water partition coefficient (Wildman–Crippen LogP) is 2.78. The van der Waals surface area contributed by atoms with E-state index in [4.69, 9.17) is 0 Å². The van der Waals surface area contributed by atoms with E-state index >= 15 is 0 Å². The van der Waals surface area contributed by atoms with Crippen LogP contribution in [0.15, 0.2) is 55.1 Å². The molecule has 2 aromatic heterocycles. The van der Waals surface area contributed by atoms with Crippen molar-refractivity contribution >= 4 is 5.69 Å². The summed E-state index contributed by atoms with van der Waals surface area (Å²) < 4.78 is 3.67. The van der Waals surface area contributed by atoms with Crippen LogP contribution in [0.25, 0.3) is 5.69 Å². The van der Waals surface area contributed by atoms with Gasteiger partial charge in [0, 0.05) is 31.2 Å². The maximum absolute atomic E-state index is 4.29. The van der Waals surface area contributed by atoms with Gasteiger partial charge in [-0.05, 0) is 25.1 Å². The smallest absolute Gasteiger partial charge is 0.0876 e. The number of aryl methyl sites for hydroxylation is 1. The maximum Gasteiger partial charge on any atom is 0.0876 e. The largest absolute Gasteiger partial charge is 0.377 e. The number of rotatable bonds is 4. The topological polar surface area (TPSA) is 47.7 Å². The van der Waals surface area contributed by atoms with Crippen LogP contribution in [-0.2, 0) is 7.05 Å². The highest BCUT2D eigenvalue weighted by Crippen LogP contribution is 2.24. The minimum absolute atomic E-state index is 0.181. The van der Waals surface area contributed by atoms with E-state index in [9.17, 15) is 0 Å². The zero-order chi connectivity index (χ0) is 13.9. The molecule has 1 unspecified atom stereocenters. The third kappa shape index (κ3) is 2.42. The lowest BCUT2D eigenvalue weighted by atomic mass is 10.1. The van der Waals surface area contributed by atoms with Gasteiger partial charge in [-0.15, -0.1) is 0 Å². The van der Waals surface area contributed by atoms with Gasteiger partial charge in [0.05, 0.1) is 23.6 Å². The summed E-state index contributed by atoms with van der Waals surface area (Å²) >= 11 is 0. The lowest BCUT2D eigenvalue weighted by Gasteiger charge is -2.17. The molecule has 0 aliphatic rings. The number of hydrogen-bond donors (Lipinski definition) is 1. The number of benzene rings is 1. The Hall–Kier alpha value is -2.56. The number of nitrogens with zero attached hydrogens (tertiary/aromatic N) is 4. The van der Waals surface area contributed by atoms with E-state index in [1.807, 2.05) is 59.3 Å². The number of anilines is 1. The van der Waals surface area contributed by atoms with Crippen molar-refractivity contribution in [3.05, 3.63) is 60.7 Å². The molecule has 0 bridgehead atoms. The molecule has 2 heterocycles. The third-order valence-corrected chi connectivity index (χ3v) is 3.25. The van der Waals surface area contributed by atoms with Crippen molar-refractivity contribution in [1.82, 2.24) is 19.6 Å². The van der Waals surface area contributed by atoms with E-state index in [0.29, 0.717) is 0 Å². The fraction of sp³-hybridized carbons (Fsp3) is 0.200. The fourth-order valence-corrected chi connectivity index (χ4v) is 2.19. The van der Waals surface area contributed by atoms with E-state index in [2.05, 4.69) is 28.5 Å². The van der Waals surface area contributed by atoms with Crippen molar-refractivity contribution in [2.45, 2.75) is 13.0 Å². The van der Waals surface area contributed by atoms with Crippen LogP contribution in [-0.4, -0.2) is 19.6 Å². The van der Waals surface area contributed by atoms with Crippen molar-refractivity contribution in [2.24, 2.45) is 7.05 Å². The summed E-state index contributed by atoms with van der Waals surface area (Å²) in [5.41, 5.74) is 3.24. The standard InChI is InChI=1S/C15H17N5/c1-12(13-10-17-19(2)11-13)18-14-6-3-4-7-15(14)20-9-5-8-16-20/h3-12,18H,1-2H3. The summed E-state index contributed by atoms with van der Waals surface area (Å²) in [6.07, 6.45) is 7.62. The number of para-hydroxylation sites is 2. The van der Waals surface area contributed by atoms with Crippen molar-refractivity contribution in [2.75, 3.05) is 5.32 Å². The Labute approximate surface area is 117 Å². The Morgan fingerprint density at radius 2 is 2.00 bits per heavy atom.